The van der Waals surface area contributed by atoms with E-state index in [-0.39, 0.29) is 48.3 Å². The number of aromatic nitrogens is 4. The quantitative estimate of drug-likeness (QED) is 0.0312. The lowest BCUT2D eigenvalue weighted by Gasteiger charge is -2.39. The maximum Gasteiger partial charge on any atom is 0.340 e. The lowest BCUT2D eigenvalue weighted by molar-refractivity contribution is -0.0987. The lowest BCUT2D eigenvalue weighted by Crippen LogP contribution is -2.45. The molecule has 21 heteroatoms. The van der Waals surface area contributed by atoms with Crippen molar-refractivity contribution in [2.45, 2.75) is 74.8 Å². The van der Waals surface area contributed by atoms with Crippen LogP contribution >= 0.6 is 9.03 Å². The van der Waals surface area contributed by atoms with Crippen molar-refractivity contribution >= 4 is 20.8 Å². The zero-order valence-electron chi connectivity index (χ0n) is 54.1. The van der Waals surface area contributed by atoms with Gasteiger partial charge in [-0.25, -0.2) is 9.59 Å². The minimum absolute atomic E-state index is 0.00160. The predicted molar refractivity (Wildman–Crippen MR) is 363 cm³/mol. The van der Waals surface area contributed by atoms with Gasteiger partial charge in [0.15, 0.2) is 9.03 Å². The van der Waals surface area contributed by atoms with Gasteiger partial charge in [0.25, 0.3) is 22.9 Å². The Morgan fingerprint density at radius 1 is 0.433 bits per heavy atom. The van der Waals surface area contributed by atoms with Crippen LogP contribution in [0, 0.1) is 13.8 Å². The van der Waals surface area contributed by atoms with Crippen LogP contribution in [0.5, 0.6) is 23.0 Å². The Kier molecular flexibility index (Phi) is 20.3. The van der Waals surface area contributed by atoms with Crippen molar-refractivity contribution in [1.82, 2.24) is 18.3 Å². The summed E-state index contributed by atoms with van der Waals surface area (Å²) in [5.74, 6) is 0.835. The Morgan fingerprint density at radius 2 is 0.763 bits per heavy atom. The Hall–Kier alpha value is -10.2. The summed E-state index contributed by atoms with van der Waals surface area (Å²) in [5, 5.41) is 0. The summed E-state index contributed by atoms with van der Waals surface area (Å²) in [6.07, 6.45) is -3.26. The van der Waals surface area contributed by atoms with Crippen LogP contribution in [0.15, 0.2) is 250 Å². The number of nitrogens with zero attached hydrogens (tertiary/aromatic N) is 4. The summed E-state index contributed by atoms with van der Waals surface area (Å²) in [6.45, 7) is 2.67. The number of hydrogen-bond acceptors (Lipinski definition) is 16. The van der Waals surface area contributed by atoms with Crippen LogP contribution in [-0.4, -0.2) is 96.2 Å². The SMILES string of the molecule is COc1ccc(C(OC[C@H]2O[C@@H](n3cc(C)c(=O)n(C(=O)c4ccccc4)c3=O)C[C@@H]2OPOC[C@H]2O[C@@H](n3cc(C)c(=O)n(C(=O)c4ccccc4)c3=O)C[C@@H]2OC(c2ccccc2)(c2ccc(OC)cc2)c2ccc(OC)cc2)(c2ccccc2)c2ccc(OC)cc2)cc1. The fraction of sp³-hybridized carbons (Fsp3) is 0.237. The first kappa shape index (κ1) is 66.9. The zero-order chi connectivity index (χ0) is 67.8. The fourth-order valence-electron chi connectivity index (χ4n) is 12.6. The highest BCUT2D eigenvalue weighted by Gasteiger charge is 2.48. The van der Waals surface area contributed by atoms with Crippen LogP contribution in [0.3, 0.4) is 0 Å². The first-order valence-corrected chi connectivity index (χ1v) is 32.2. The third-order valence-corrected chi connectivity index (χ3v) is 18.3. The maximum absolute atomic E-state index is 14.8. The lowest BCUT2D eigenvalue weighted by atomic mass is 9.79. The van der Waals surface area contributed by atoms with E-state index in [9.17, 15) is 28.8 Å². The number of methoxy groups -OCH3 is 4. The molecule has 7 atom stereocenters. The first-order valence-electron chi connectivity index (χ1n) is 31.4. The van der Waals surface area contributed by atoms with E-state index in [1.807, 2.05) is 158 Å². The minimum Gasteiger partial charge on any atom is -0.497 e. The van der Waals surface area contributed by atoms with Gasteiger partial charge >= 0.3 is 11.4 Å². The second-order valence-electron chi connectivity index (χ2n) is 23.4. The van der Waals surface area contributed by atoms with Gasteiger partial charge in [0, 0.05) is 47.5 Å². The van der Waals surface area contributed by atoms with Crippen molar-refractivity contribution in [3.05, 3.63) is 328 Å². The molecular weight excluding hydrogens is 1260 g/mol. The van der Waals surface area contributed by atoms with Gasteiger partial charge < -0.3 is 46.9 Å². The molecule has 0 aliphatic carbocycles. The van der Waals surface area contributed by atoms with Gasteiger partial charge in [0.05, 0.1) is 53.9 Å². The maximum atomic E-state index is 14.8. The number of carbonyl (C=O) groups excluding carboxylic acids is 2. The third-order valence-electron chi connectivity index (χ3n) is 17.6. The highest BCUT2D eigenvalue weighted by atomic mass is 31.1. The van der Waals surface area contributed by atoms with E-state index < -0.39 is 91.4 Å². The van der Waals surface area contributed by atoms with Gasteiger partial charge in [-0.2, -0.15) is 9.13 Å². The Labute approximate surface area is 560 Å². The summed E-state index contributed by atoms with van der Waals surface area (Å²) >= 11 is 0. The molecule has 10 aromatic rings. The smallest absolute Gasteiger partial charge is 0.340 e. The summed E-state index contributed by atoms with van der Waals surface area (Å²) < 4.78 is 68.6. The molecule has 8 aromatic carbocycles. The van der Waals surface area contributed by atoms with Crippen LogP contribution in [0.25, 0.3) is 0 Å². The largest absolute Gasteiger partial charge is 0.497 e. The molecule has 12 rings (SSSR count). The molecule has 0 radical (unpaired) electrons. The molecule has 0 bridgehead atoms. The van der Waals surface area contributed by atoms with Crippen LogP contribution in [0.4, 0.5) is 0 Å². The van der Waals surface area contributed by atoms with Crippen LogP contribution < -0.4 is 41.4 Å². The summed E-state index contributed by atoms with van der Waals surface area (Å²) in [7, 11) is 5.59. The van der Waals surface area contributed by atoms with Crippen molar-refractivity contribution in [3.63, 3.8) is 0 Å². The summed E-state index contributed by atoms with van der Waals surface area (Å²) in [5.41, 5.74) is -1.25. The molecule has 2 fully saturated rings. The van der Waals surface area contributed by atoms with E-state index in [1.165, 1.54) is 59.6 Å². The second-order valence-corrected chi connectivity index (χ2v) is 24.1. The zero-order valence-corrected chi connectivity index (χ0v) is 55.1. The van der Waals surface area contributed by atoms with Gasteiger partial charge in [0.1, 0.15) is 58.9 Å². The van der Waals surface area contributed by atoms with E-state index in [2.05, 4.69) is 0 Å². The summed E-state index contributed by atoms with van der Waals surface area (Å²) in [4.78, 5) is 85.4. The van der Waals surface area contributed by atoms with E-state index in [0.29, 0.717) is 43.3 Å². The van der Waals surface area contributed by atoms with Gasteiger partial charge in [0.2, 0.25) is 0 Å². The monoisotopic (exact) mass is 1330 g/mol. The van der Waals surface area contributed by atoms with Crippen LogP contribution in [-0.2, 0) is 39.2 Å². The number of carbonyl (C=O) groups is 2. The average molecular weight is 1330 g/mol. The Balaban J connectivity index is 0.919. The molecule has 97 heavy (non-hydrogen) atoms. The van der Waals surface area contributed by atoms with Gasteiger partial charge in [-0.05, 0) is 120 Å². The molecule has 0 spiro atoms. The number of hydrogen-bond donors (Lipinski definition) is 0. The van der Waals surface area contributed by atoms with Gasteiger partial charge in [-0.3, -0.25) is 28.3 Å². The molecule has 2 aliphatic heterocycles. The highest BCUT2D eigenvalue weighted by Crippen LogP contribution is 2.47. The van der Waals surface area contributed by atoms with Crippen molar-refractivity contribution in [3.8, 4) is 23.0 Å². The molecule has 496 valence electrons. The van der Waals surface area contributed by atoms with Crippen molar-refractivity contribution < 1.29 is 56.5 Å². The molecule has 4 heterocycles. The average Bonchev–Trinajstić information content (AvgIpc) is 1.64. The molecule has 1 unspecified atom stereocenters. The molecule has 2 aliphatic rings. The van der Waals surface area contributed by atoms with E-state index in [1.54, 1.807) is 64.8 Å². The third kappa shape index (κ3) is 13.4. The molecular formula is C76H71N4O16P. The number of rotatable bonds is 24. The summed E-state index contributed by atoms with van der Waals surface area (Å²) in [6, 6.07) is 65.6. The van der Waals surface area contributed by atoms with E-state index >= 15 is 0 Å². The first-order chi connectivity index (χ1) is 47.2. The van der Waals surface area contributed by atoms with Crippen molar-refractivity contribution in [2.75, 3.05) is 41.7 Å². The molecule has 20 nitrogen and oxygen atoms in total. The van der Waals surface area contributed by atoms with E-state index in [4.69, 9.17) is 46.9 Å². The van der Waals surface area contributed by atoms with Crippen LogP contribution in [0.1, 0.15) is 90.5 Å². The highest BCUT2D eigenvalue weighted by molar-refractivity contribution is 7.26. The van der Waals surface area contributed by atoms with E-state index in [0.717, 1.165) is 22.3 Å². The fourth-order valence-corrected chi connectivity index (χ4v) is 13.3. The molecule has 0 N–H and O–H groups in total. The minimum atomic E-state index is -1.40. The molecule has 0 amide bonds. The topological polar surface area (TPSA) is 214 Å². The van der Waals surface area contributed by atoms with Crippen molar-refractivity contribution in [1.29, 1.82) is 0 Å². The number of aryl methyl sites for hydroxylation is 2. The molecule has 0 saturated carbocycles. The molecule has 2 saturated heterocycles. The van der Waals surface area contributed by atoms with Crippen molar-refractivity contribution in [2.24, 2.45) is 0 Å². The van der Waals surface area contributed by atoms with Gasteiger partial charge in [-0.1, -0.05) is 146 Å². The molecule has 2 aromatic heterocycles. The van der Waals surface area contributed by atoms with Gasteiger partial charge in [-0.15, -0.1) is 0 Å². The van der Waals surface area contributed by atoms with Crippen LogP contribution in [0.2, 0.25) is 0 Å². The second kappa shape index (κ2) is 29.5. The Morgan fingerprint density at radius 3 is 1.14 bits per heavy atom. The normalized spacial score (nSPS) is 17.9. The Bertz CT molecular complexity index is 4530. The number of benzene rings is 8. The standard InChI is InChI=1S/C76H71N4O16P/c1-49-45-77(73(85)79(69(49)81)71(83)51-19-11-7-12-20-51)67-43-63(95-76(54-25-17-10-18-26-54,57-31-39-61(89-5)40-32-57)58-33-41-62(90-6)42-34-58)66(94-67)48-92-97-96-64-44-68(78-46-50(2)70(82)80(74(78)86)72(84)52-21-13-8-14-22-52)93-65(64)47-91-75(53-23-15-9-16-24-53,55-27-35-59(87-3)36-28-55)56-29-37-60(88-4)38-30-56/h7-42,45-46,63-68,97H,43-44,47-48H2,1-6H3/t63-,64-,65+,66+,67+,68+/m0/s1. The predicted octanol–water partition coefficient (Wildman–Crippen LogP) is 10.9. The number of ether oxygens (including phenoxy) is 8.